The third kappa shape index (κ3) is 2.93. The van der Waals surface area contributed by atoms with E-state index in [2.05, 4.69) is 25.1 Å². The van der Waals surface area contributed by atoms with Crippen molar-refractivity contribution in [2.24, 2.45) is 0 Å². The summed E-state index contributed by atoms with van der Waals surface area (Å²) in [5.74, 6) is 0.296. The fraction of sp³-hybridized carbons (Fsp3) is 0. The molecule has 2 N–H and O–H groups in total. The third-order valence-electron chi connectivity index (χ3n) is 5.14. The van der Waals surface area contributed by atoms with Crippen molar-refractivity contribution in [1.29, 1.82) is 0 Å². The second-order valence-electron chi connectivity index (χ2n) is 7.09. The zero-order valence-corrected chi connectivity index (χ0v) is 16.0. The van der Waals surface area contributed by atoms with Crippen LogP contribution >= 0.6 is 0 Å². The minimum Gasteiger partial charge on any atom is -0.336 e. The maximum Gasteiger partial charge on any atom is 0.161 e. The zero-order chi connectivity index (χ0) is 20.8. The lowest BCUT2D eigenvalue weighted by Crippen LogP contribution is -1.88. The molecule has 0 aliphatic carbocycles. The molecule has 7 nitrogen and oxygen atoms in total. The molecule has 0 saturated carbocycles. The largest absolute Gasteiger partial charge is 0.336 e. The smallest absolute Gasteiger partial charge is 0.161 e. The summed E-state index contributed by atoms with van der Waals surface area (Å²) in [7, 11) is 0. The number of aromatic nitrogens is 7. The van der Waals surface area contributed by atoms with Gasteiger partial charge in [0.1, 0.15) is 17.7 Å². The molecular weight excluding hydrogens is 393 g/mol. The quantitative estimate of drug-likeness (QED) is 0.441. The minimum absolute atomic E-state index is 0.287. The Hall–Kier alpha value is -4.46. The van der Waals surface area contributed by atoms with E-state index in [9.17, 15) is 4.39 Å². The Morgan fingerprint density at radius 1 is 0.774 bits per heavy atom. The number of fused-ring (bicyclic) bond motifs is 2. The Balaban J connectivity index is 1.52. The molecule has 4 aromatic heterocycles. The zero-order valence-electron chi connectivity index (χ0n) is 16.0. The number of H-pyrrole nitrogens is 2. The van der Waals surface area contributed by atoms with Crippen LogP contribution in [-0.2, 0) is 0 Å². The van der Waals surface area contributed by atoms with Gasteiger partial charge < -0.3 is 4.98 Å². The first-order valence-electron chi connectivity index (χ1n) is 9.62. The maximum atomic E-state index is 13.8. The van der Waals surface area contributed by atoms with Gasteiger partial charge in [-0.2, -0.15) is 5.10 Å². The van der Waals surface area contributed by atoms with Gasteiger partial charge in [0.15, 0.2) is 11.5 Å². The standard InChI is InChI=1S/C23H14FN7/c24-15-4-1-3-13(9-15)16-5-2-6-18-20(16)29-23(28-18)22-21-19(30-31-22)8-7-17(27-21)14-10-25-12-26-11-14/h1-12H,(H,28,29)(H,30,31). The molecule has 6 aromatic rings. The van der Waals surface area contributed by atoms with Crippen molar-refractivity contribution >= 4 is 22.1 Å². The van der Waals surface area contributed by atoms with Crippen molar-refractivity contribution in [1.82, 2.24) is 35.1 Å². The summed E-state index contributed by atoms with van der Waals surface area (Å²) in [6, 6.07) is 16.1. The van der Waals surface area contributed by atoms with E-state index < -0.39 is 0 Å². The van der Waals surface area contributed by atoms with Crippen molar-refractivity contribution in [3.8, 4) is 33.9 Å². The number of aromatic amines is 2. The van der Waals surface area contributed by atoms with E-state index in [4.69, 9.17) is 9.97 Å². The lowest BCUT2D eigenvalue weighted by Gasteiger charge is -2.02. The Morgan fingerprint density at radius 2 is 1.65 bits per heavy atom. The van der Waals surface area contributed by atoms with E-state index in [1.807, 2.05) is 36.4 Å². The number of nitrogens with zero attached hydrogens (tertiary/aromatic N) is 5. The Labute approximate surface area is 175 Å². The van der Waals surface area contributed by atoms with E-state index in [0.717, 1.165) is 38.9 Å². The van der Waals surface area contributed by atoms with Crippen LogP contribution in [0.3, 0.4) is 0 Å². The summed E-state index contributed by atoms with van der Waals surface area (Å²) >= 11 is 0. The third-order valence-corrected chi connectivity index (χ3v) is 5.14. The van der Waals surface area contributed by atoms with Crippen LogP contribution in [0.25, 0.3) is 56.0 Å². The second-order valence-corrected chi connectivity index (χ2v) is 7.09. The average molecular weight is 407 g/mol. The van der Waals surface area contributed by atoms with Crippen LogP contribution in [0.5, 0.6) is 0 Å². The second kappa shape index (κ2) is 6.81. The van der Waals surface area contributed by atoms with Crippen LogP contribution in [-0.4, -0.2) is 35.1 Å². The lowest BCUT2D eigenvalue weighted by molar-refractivity contribution is 0.628. The molecule has 0 saturated heterocycles. The minimum atomic E-state index is -0.287. The number of nitrogens with one attached hydrogen (secondary N) is 2. The highest BCUT2D eigenvalue weighted by Crippen LogP contribution is 2.31. The predicted molar refractivity (Wildman–Crippen MR) is 115 cm³/mol. The summed E-state index contributed by atoms with van der Waals surface area (Å²) in [6.07, 6.45) is 4.91. The van der Waals surface area contributed by atoms with Gasteiger partial charge in [0.2, 0.25) is 0 Å². The van der Waals surface area contributed by atoms with Crippen molar-refractivity contribution in [3.05, 3.63) is 79.1 Å². The van der Waals surface area contributed by atoms with Crippen LogP contribution in [0.15, 0.2) is 73.3 Å². The molecule has 0 spiro atoms. The molecule has 0 unspecified atom stereocenters. The van der Waals surface area contributed by atoms with Crippen LogP contribution in [0.2, 0.25) is 0 Å². The van der Waals surface area contributed by atoms with E-state index >= 15 is 0 Å². The van der Waals surface area contributed by atoms with Crippen molar-refractivity contribution < 1.29 is 4.39 Å². The number of imidazole rings is 1. The van der Waals surface area contributed by atoms with Crippen LogP contribution < -0.4 is 0 Å². The number of pyridine rings is 1. The predicted octanol–water partition coefficient (Wildman–Crippen LogP) is 4.76. The number of para-hydroxylation sites is 1. The van der Waals surface area contributed by atoms with Crippen LogP contribution in [0, 0.1) is 5.82 Å². The Kier molecular flexibility index (Phi) is 3.82. The van der Waals surface area contributed by atoms with Gasteiger partial charge in [-0.25, -0.2) is 24.3 Å². The maximum absolute atomic E-state index is 13.8. The van der Waals surface area contributed by atoms with Crippen molar-refractivity contribution in [3.63, 3.8) is 0 Å². The monoisotopic (exact) mass is 407 g/mol. The molecule has 148 valence electrons. The molecule has 31 heavy (non-hydrogen) atoms. The summed E-state index contributed by atoms with van der Waals surface area (Å²) in [4.78, 5) is 21.0. The Morgan fingerprint density at radius 3 is 2.52 bits per heavy atom. The highest BCUT2D eigenvalue weighted by molar-refractivity contribution is 5.96. The number of hydrogen-bond acceptors (Lipinski definition) is 5. The van der Waals surface area contributed by atoms with Crippen LogP contribution in [0.1, 0.15) is 0 Å². The average Bonchev–Trinajstić information content (AvgIpc) is 3.43. The molecule has 6 rings (SSSR count). The molecule has 0 atom stereocenters. The van der Waals surface area contributed by atoms with Crippen molar-refractivity contribution in [2.45, 2.75) is 0 Å². The first kappa shape index (κ1) is 17.4. The highest BCUT2D eigenvalue weighted by Gasteiger charge is 2.17. The van der Waals surface area contributed by atoms with Gasteiger partial charge in [-0.15, -0.1) is 0 Å². The van der Waals surface area contributed by atoms with Gasteiger partial charge in [-0.05, 0) is 35.9 Å². The van der Waals surface area contributed by atoms with Gasteiger partial charge in [0.05, 0.1) is 22.2 Å². The summed E-state index contributed by atoms with van der Waals surface area (Å²) in [6.45, 7) is 0. The van der Waals surface area contributed by atoms with E-state index in [0.29, 0.717) is 17.0 Å². The molecule has 0 fully saturated rings. The van der Waals surface area contributed by atoms with Gasteiger partial charge in [0.25, 0.3) is 0 Å². The first-order valence-corrected chi connectivity index (χ1v) is 9.62. The number of rotatable bonds is 3. The molecule has 0 bridgehead atoms. The van der Waals surface area contributed by atoms with Gasteiger partial charge in [-0.1, -0.05) is 24.3 Å². The number of halogens is 1. The van der Waals surface area contributed by atoms with E-state index in [1.54, 1.807) is 18.5 Å². The van der Waals surface area contributed by atoms with Gasteiger partial charge >= 0.3 is 0 Å². The highest BCUT2D eigenvalue weighted by atomic mass is 19.1. The lowest BCUT2D eigenvalue weighted by atomic mass is 10.0. The summed E-state index contributed by atoms with van der Waals surface area (Å²) in [5.41, 5.74) is 6.83. The summed E-state index contributed by atoms with van der Waals surface area (Å²) in [5, 5.41) is 7.45. The number of hydrogen-bond donors (Lipinski definition) is 2. The van der Waals surface area contributed by atoms with E-state index in [-0.39, 0.29) is 5.82 Å². The van der Waals surface area contributed by atoms with Crippen molar-refractivity contribution in [2.75, 3.05) is 0 Å². The molecule has 8 heteroatoms. The van der Waals surface area contributed by atoms with Gasteiger partial charge in [-0.3, -0.25) is 5.10 Å². The molecule has 4 heterocycles. The molecule has 2 aromatic carbocycles. The fourth-order valence-electron chi connectivity index (χ4n) is 3.69. The van der Waals surface area contributed by atoms with Gasteiger partial charge in [0, 0.05) is 23.5 Å². The topological polar surface area (TPSA) is 96.0 Å². The SMILES string of the molecule is Fc1cccc(-c2cccc3[nH]c(-c4n[nH]c5ccc(-c6cncnc6)nc45)nc23)c1. The molecule has 0 aliphatic heterocycles. The summed E-state index contributed by atoms with van der Waals surface area (Å²) < 4.78 is 13.8. The molecular formula is C23H14FN7. The van der Waals surface area contributed by atoms with E-state index in [1.165, 1.54) is 18.5 Å². The first-order chi connectivity index (χ1) is 15.3. The molecule has 0 aliphatic rings. The normalized spacial score (nSPS) is 11.4. The Bertz CT molecular complexity index is 1550. The van der Waals surface area contributed by atoms with Crippen LogP contribution in [0.4, 0.5) is 4.39 Å². The molecule has 0 amide bonds. The fourth-order valence-corrected chi connectivity index (χ4v) is 3.69. The number of benzene rings is 2. The molecule has 0 radical (unpaired) electrons.